The highest BCUT2D eigenvalue weighted by atomic mass is 19.1. The molecule has 2 rings (SSSR count). The van der Waals surface area contributed by atoms with Crippen molar-refractivity contribution in [2.75, 3.05) is 5.32 Å². The lowest BCUT2D eigenvalue weighted by Crippen LogP contribution is -2.17. The molecule has 0 aromatic carbocycles. The van der Waals surface area contributed by atoms with Crippen molar-refractivity contribution in [1.82, 2.24) is 15.2 Å². The molecule has 1 amide bonds. The number of pyridine rings is 1. The molecule has 0 saturated heterocycles. The predicted octanol–water partition coefficient (Wildman–Crippen LogP) is 1.86. The third kappa shape index (κ3) is 2.77. The van der Waals surface area contributed by atoms with Crippen LogP contribution in [0.2, 0.25) is 0 Å². The molecule has 0 aliphatic heterocycles. The normalized spacial score (nSPS) is 10.0. The molecule has 0 unspecified atom stereocenters. The Balaban J connectivity index is 2.01. The number of rotatable bonds is 2. The number of hydrogen-bond donors (Lipinski definition) is 2. The second-order valence-corrected chi connectivity index (χ2v) is 3.26. The number of aromatic nitrogens is 3. The first kappa shape index (κ1) is 11.1. The summed E-state index contributed by atoms with van der Waals surface area (Å²) in [5, 5.41) is 8.84. The van der Waals surface area contributed by atoms with Crippen molar-refractivity contribution in [2.45, 2.75) is 6.92 Å². The summed E-state index contributed by atoms with van der Waals surface area (Å²) in [4.78, 5) is 15.0. The Hall–Kier alpha value is -2.44. The number of anilines is 1. The summed E-state index contributed by atoms with van der Waals surface area (Å²) in [6, 6.07) is 1.06. The Morgan fingerprint density at radius 2 is 2.29 bits per heavy atom. The first-order valence-electron chi connectivity index (χ1n) is 4.74. The zero-order valence-corrected chi connectivity index (χ0v) is 8.90. The monoisotopic (exact) mass is 236 g/mol. The molecule has 17 heavy (non-hydrogen) atoms. The molecule has 6 nitrogen and oxygen atoms in total. The van der Waals surface area contributed by atoms with Crippen molar-refractivity contribution < 1.29 is 13.9 Å². The molecule has 0 radical (unpaired) electrons. The van der Waals surface area contributed by atoms with E-state index in [9.17, 15) is 9.18 Å². The molecular weight excluding hydrogens is 227 g/mol. The molecule has 2 N–H and O–H groups in total. The van der Waals surface area contributed by atoms with Gasteiger partial charge in [-0.05, 0) is 6.92 Å². The summed E-state index contributed by atoms with van der Waals surface area (Å²) in [7, 11) is 0. The van der Waals surface area contributed by atoms with Crippen molar-refractivity contribution in [3.63, 3.8) is 0 Å². The summed E-state index contributed by atoms with van der Waals surface area (Å²) >= 11 is 0. The van der Waals surface area contributed by atoms with Crippen LogP contribution >= 0.6 is 0 Å². The Kier molecular flexibility index (Phi) is 2.99. The van der Waals surface area contributed by atoms with E-state index in [1.54, 1.807) is 6.92 Å². The number of H-pyrrole nitrogens is 1. The number of nitrogens with zero attached hydrogens (tertiary/aromatic N) is 2. The van der Waals surface area contributed by atoms with Crippen molar-refractivity contribution in [2.24, 2.45) is 0 Å². The summed E-state index contributed by atoms with van der Waals surface area (Å²) < 4.78 is 17.6. The van der Waals surface area contributed by atoms with Crippen LogP contribution in [0.25, 0.3) is 0 Å². The molecule has 2 aromatic heterocycles. The second-order valence-electron chi connectivity index (χ2n) is 3.26. The Morgan fingerprint density at radius 1 is 1.47 bits per heavy atom. The molecule has 0 saturated carbocycles. The van der Waals surface area contributed by atoms with Crippen molar-refractivity contribution >= 4 is 11.8 Å². The number of carbonyl (C=O) groups excluding carboxylic acids is 1. The highest BCUT2D eigenvalue weighted by molar-refractivity contribution is 5.86. The Morgan fingerprint density at radius 3 is 2.94 bits per heavy atom. The van der Waals surface area contributed by atoms with Crippen LogP contribution in [-0.4, -0.2) is 21.3 Å². The smallest absolute Gasteiger partial charge is 0.408 e. The van der Waals surface area contributed by atoms with Crippen LogP contribution in [0.3, 0.4) is 0 Å². The number of nitrogens with one attached hydrogen (secondary N) is 2. The van der Waals surface area contributed by atoms with Gasteiger partial charge < -0.3 is 4.74 Å². The van der Waals surface area contributed by atoms with Crippen molar-refractivity contribution in [1.29, 1.82) is 0 Å². The zero-order valence-electron chi connectivity index (χ0n) is 8.90. The average Bonchev–Trinajstić information content (AvgIpc) is 2.64. The molecule has 0 bridgehead atoms. The zero-order chi connectivity index (χ0) is 12.3. The first-order chi connectivity index (χ1) is 8.15. The summed E-state index contributed by atoms with van der Waals surface area (Å²) in [6.07, 6.45) is 2.97. The van der Waals surface area contributed by atoms with Gasteiger partial charge in [-0.1, -0.05) is 0 Å². The van der Waals surface area contributed by atoms with Crippen LogP contribution in [0.5, 0.6) is 5.75 Å². The van der Waals surface area contributed by atoms with Gasteiger partial charge >= 0.3 is 6.09 Å². The summed E-state index contributed by atoms with van der Waals surface area (Å²) in [6.45, 7) is 1.74. The number of amides is 1. The van der Waals surface area contributed by atoms with E-state index < -0.39 is 11.9 Å². The molecule has 0 atom stereocenters. The maximum Gasteiger partial charge on any atom is 0.417 e. The van der Waals surface area contributed by atoms with Gasteiger partial charge in [-0.25, -0.2) is 9.18 Å². The third-order valence-electron chi connectivity index (χ3n) is 1.96. The van der Waals surface area contributed by atoms with Gasteiger partial charge in [0.15, 0.2) is 5.75 Å². The number of hydrogen-bond acceptors (Lipinski definition) is 4. The molecule has 0 spiro atoms. The first-order valence-corrected chi connectivity index (χ1v) is 4.74. The highest BCUT2D eigenvalue weighted by Crippen LogP contribution is 2.13. The van der Waals surface area contributed by atoms with Gasteiger partial charge in [0.25, 0.3) is 0 Å². The lowest BCUT2D eigenvalue weighted by atomic mass is 10.4. The minimum Gasteiger partial charge on any atom is -0.408 e. The summed E-state index contributed by atoms with van der Waals surface area (Å²) in [5.74, 6) is -0.543. The lowest BCUT2D eigenvalue weighted by Gasteiger charge is -2.04. The molecular formula is C10H9FN4O2. The van der Waals surface area contributed by atoms with Gasteiger partial charge in [-0.15, -0.1) is 0 Å². The lowest BCUT2D eigenvalue weighted by molar-refractivity contribution is 0.215. The van der Waals surface area contributed by atoms with E-state index >= 15 is 0 Å². The quantitative estimate of drug-likeness (QED) is 0.834. The number of ether oxygens (including phenoxy) is 1. The van der Waals surface area contributed by atoms with Gasteiger partial charge in [0.2, 0.25) is 0 Å². The highest BCUT2D eigenvalue weighted by Gasteiger charge is 2.08. The fourth-order valence-electron chi connectivity index (χ4n) is 1.17. The van der Waals surface area contributed by atoms with Crippen LogP contribution in [-0.2, 0) is 0 Å². The average molecular weight is 236 g/mol. The SMILES string of the molecule is Cc1[nH]ncc1NC(=O)Oc1cncc(F)c1. The van der Waals surface area contributed by atoms with E-state index in [0.29, 0.717) is 11.4 Å². The fourth-order valence-corrected chi connectivity index (χ4v) is 1.17. The van der Waals surface area contributed by atoms with Crippen LogP contribution in [0.15, 0.2) is 24.7 Å². The number of halogens is 1. The maximum absolute atomic E-state index is 12.8. The van der Waals surface area contributed by atoms with E-state index in [-0.39, 0.29) is 5.75 Å². The maximum atomic E-state index is 12.8. The van der Waals surface area contributed by atoms with Crippen LogP contribution in [0.1, 0.15) is 5.69 Å². The van der Waals surface area contributed by atoms with Crippen molar-refractivity contribution in [3.05, 3.63) is 36.2 Å². The van der Waals surface area contributed by atoms with Gasteiger partial charge in [0.1, 0.15) is 5.82 Å². The van der Waals surface area contributed by atoms with Gasteiger partial charge in [-0.2, -0.15) is 5.10 Å². The molecule has 0 fully saturated rings. The molecule has 2 aromatic rings. The van der Waals surface area contributed by atoms with E-state index in [2.05, 4.69) is 20.5 Å². The number of aryl methyl sites for hydroxylation is 1. The third-order valence-corrected chi connectivity index (χ3v) is 1.96. The molecule has 7 heteroatoms. The Bertz CT molecular complexity index is 541. The van der Waals surface area contributed by atoms with E-state index in [0.717, 1.165) is 12.3 Å². The van der Waals surface area contributed by atoms with Crippen LogP contribution < -0.4 is 10.1 Å². The van der Waals surface area contributed by atoms with E-state index in [1.165, 1.54) is 12.4 Å². The predicted molar refractivity (Wildman–Crippen MR) is 57.2 cm³/mol. The van der Waals surface area contributed by atoms with Gasteiger partial charge in [0.05, 0.1) is 30.0 Å². The minimum absolute atomic E-state index is 0.0312. The van der Waals surface area contributed by atoms with Crippen molar-refractivity contribution in [3.8, 4) is 5.75 Å². The molecule has 88 valence electrons. The fraction of sp³-hybridized carbons (Fsp3) is 0.100. The standard InChI is InChI=1S/C10H9FN4O2/c1-6-9(5-13-15-6)14-10(16)17-8-2-7(11)3-12-4-8/h2-5H,1H3,(H,13,15)(H,14,16). The molecule has 0 aliphatic rings. The van der Waals surface area contributed by atoms with Gasteiger partial charge in [0, 0.05) is 6.07 Å². The Labute approximate surface area is 95.8 Å². The molecule has 0 aliphatic carbocycles. The van der Waals surface area contributed by atoms with E-state index in [4.69, 9.17) is 4.74 Å². The van der Waals surface area contributed by atoms with E-state index in [1.807, 2.05) is 0 Å². The van der Waals surface area contributed by atoms with Crippen LogP contribution in [0.4, 0.5) is 14.9 Å². The number of aromatic amines is 1. The number of carbonyl (C=O) groups is 1. The minimum atomic E-state index is -0.734. The summed E-state index contributed by atoms with van der Waals surface area (Å²) in [5.41, 5.74) is 1.19. The van der Waals surface area contributed by atoms with Gasteiger partial charge in [-0.3, -0.25) is 15.4 Å². The largest absolute Gasteiger partial charge is 0.417 e. The second kappa shape index (κ2) is 4.60. The molecule has 2 heterocycles. The van der Waals surface area contributed by atoms with Crippen LogP contribution in [0, 0.1) is 12.7 Å². The topological polar surface area (TPSA) is 79.9 Å².